The van der Waals surface area contributed by atoms with Gasteiger partial charge in [0.2, 0.25) is 17.1 Å². The number of carbonyl (C=O) groups excluding carboxylic acids is 4. The Balaban J connectivity index is 1.51. The Morgan fingerprint density at radius 1 is 1.23 bits per heavy atom. The molecule has 1 unspecified atom stereocenters. The molecule has 10 nitrogen and oxygen atoms in total. The van der Waals surface area contributed by atoms with Gasteiger partial charge in [0.05, 0.1) is 16.8 Å². The predicted octanol–water partition coefficient (Wildman–Crippen LogP) is 1.08. The molecule has 4 amide bonds. The van der Waals surface area contributed by atoms with E-state index in [4.69, 9.17) is 11.6 Å². The third-order valence-corrected chi connectivity index (χ3v) is 5.42. The van der Waals surface area contributed by atoms with E-state index in [2.05, 4.69) is 20.6 Å². The summed E-state index contributed by atoms with van der Waals surface area (Å²) in [6.45, 7) is 0.991. The lowest BCUT2D eigenvalue weighted by molar-refractivity contribution is -0.136. The molecule has 1 aromatic heterocycles. The Morgan fingerprint density at radius 3 is 2.77 bits per heavy atom. The van der Waals surface area contributed by atoms with Gasteiger partial charge in [0, 0.05) is 32.8 Å². The summed E-state index contributed by atoms with van der Waals surface area (Å²) in [7, 11) is 1.80. The Morgan fingerprint density at radius 2 is 2.03 bits per heavy atom. The van der Waals surface area contributed by atoms with Crippen LogP contribution in [-0.4, -0.2) is 64.7 Å². The summed E-state index contributed by atoms with van der Waals surface area (Å²) in [5.74, 6) is -1.53. The highest BCUT2D eigenvalue weighted by atomic mass is 35.5. The van der Waals surface area contributed by atoms with Crippen molar-refractivity contribution in [2.45, 2.75) is 18.9 Å². The molecule has 0 radical (unpaired) electrons. The first-order valence-corrected chi connectivity index (χ1v) is 10.0. The van der Waals surface area contributed by atoms with Crippen LogP contribution in [-0.2, 0) is 9.59 Å². The molecule has 2 aromatic rings. The second-order valence-electron chi connectivity index (χ2n) is 7.21. The van der Waals surface area contributed by atoms with E-state index in [1.807, 2.05) is 4.90 Å². The van der Waals surface area contributed by atoms with Gasteiger partial charge in [0.1, 0.15) is 11.9 Å². The first kappa shape index (κ1) is 20.7. The number of piperidine rings is 1. The topological polar surface area (TPSA) is 125 Å². The number of carbonyl (C=O) groups is 4. The fourth-order valence-electron chi connectivity index (χ4n) is 3.72. The maximum Gasteiger partial charge on any atom is 0.264 e. The fraction of sp³-hybridized carbons (Fsp3) is 0.300. The lowest BCUT2D eigenvalue weighted by atomic mass is 10.0. The summed E-state index contributed by atoms with van der Waals surface area (Å²) >= 11 is 5.78. The van der Waals surface area contributed by atoms with Gasteiger partial charge < -0.3 is 10.2 Å². The van der Waals surface area contributed by atoms with Crippen LogP contribution in [0.1, 0.15) is 33.6 Å². The first-order valence-electron chi connectivity index (χ1n) is 9.65. The molecule has 1 atom stereocenters. The van der Waals surface area contributed by atoms with E-state index in [-0.39, 0.29) is 29.3 Å². The zero-order chi connectivity index (χ0) is 22.1. The molecule has 3 heterocycles. The number of halogens is 1. The summed E-state index contributed by atoms with van der Waals surface area (Å²) in [5.41, 5.74) is 1.08. The molecule has 2 N–H and O–H groups in total. The van der Waals surface area contributed by atoms with E-state index in [1.165, 1.54) is 0 Å². The lowest BCUT2D eigenvalue weighted by Crippen LogP contribution is -2.54. The molecule has 1 aromatic carbocycles. The van der Waals surface area contributed by atoms with E-state index in [0.717, 1.165) is 4.90 Å². The standard InChI is InChI=1S/C20H19ClN6O4/c1-26(10-9-22-14-7-8-23-20(21)24-14)12-4-2-3-11-16(12)19(31)27(18(11)30)13-5-6-15(28)25-17(13)29/h2-4,7-8,13H,5-6,9-10H2,1H3,(H,22,23,24)(H,25,28,29). The molecule has 0 aliphatic carbocycles. The molecule has 0 saturated carbocycles. The van der Waals surface area contributed by atoms with Gasteiger partial charge in [-0.25, -0.2) is 9.97 Å². The van der Waals surface area contributed by atoms with E-state index >= 15 is 0 Å². The molecule has 1 fully saturated rings. The minimum Gasteiger partial charge on any atom is -0.372 e. The van der Waals surface area contributed by atoms with Gasteiger partial charge in [-0.05, 0) is 36.2 Å². The molecule has 4 rings (SSSR count). The number of amides is 4. The van der Waals surface area contributed by atoms with Crippen molar-refractivity contribution in [3.05, 3.63) is 46.9 Å². The molecule has 2 aliphatic heterocycles. The largest absolute Gasteiger partial charge is 0.372 e. The van der Waals surface area contributed by atoms with Gasteiger partial charge >= 0.3 is 0 Å². The third-order valence-electron chi connectivity index (χ3n) is 5.24. The number of likely N-dealkylation sites (N-methyl/N-ethyl adjacent to an activating group) is 1. The Hall–Kier alpha value is -3.53. The number of hydrogen-bond acceptors (Lipinski definition) is 8. The summed E-state index contributed by atoms with van der Waals surface area (Å²) < 4.78 is 0. The SMILES string of the molecule is CN(CCNc1ccnc(Cl)n1)c1cccc2c1C(=O)N(C1CCC(=O)NC1=O)C2=O. The van der Waals surface area contributed by atoms with E-state index in [9.17, 15) is 19.2 Å². The van der Waals surface area contributed by atoms with Crippen LogP contribution in [0, 0.1) is 0 Å². The Kier molecular flexibility index (Phi) is 5.55. The van der Waals surface area contributed by atoms with Gasteiger partial charge in [-0.15, -0.1) is 0 Å². The van der Waals surface area contributed by atoms with Crippen LogP contribution in [0.2, 0.25) is 5.28 Å². The molecule has 1 saturated heterocycles. The van der Waals surface area contributed by atoms with Crippen LogP contribution in [0.25, 0.3) is 0 Å². The summed E-state index contributed by atoms with van der Waals surface area (Å²) in [6.07, 6.45) is 1.74. The van der Waals surface area contributed by atoms with Gasteiger partial charge in [-0.2, -0.15) is 0 Å². The maximum absolute atomic E-state index is 13.2. The van der Waals surface area contributed by atoms with Gasteiger partial charge in [0.15, 0.2) is 0 Å². The van der Waals surface area contributed by atoms with E-state index < -0.39 is 29.7 Å². The predicted molar refractivity (Wildman–Crippen MR) is 112 cm³/mol. The number of hydrogen-bond donors (Lipinski definition) is 2. The second-order valence-corrected chi connectivity index (χ2v) is 7.54. The van der Waals surface area contributed by atoms with Crippen LogP contribution in [0.15, 0.2) is 30.5 Å². The number of nitrogens with one attached hydrogen (secondary N) is 2. The smallest absolute Gasteiger partial charge is 0.264 e. The average molecular weight is 443 g/mol. The first-order chi connectivity index (χ1) is 14.9. The normalized spacial score (nSPS) is 18.1. The van der Waals surface area contributed by atoms with Gasteiger partial charge in [0.25, 0.3) is 11.8 Å². The summed E-state index contributed by atoms with van der Waals surface area (Å²) in [5, 5.41) is 5.45. The lowest BCUT2D eigenvalue weighted by Gasteiger charge is -2.28. The highest BCUT2D eigenvalue weighted by Crippen LogP contribution is 2.33. The molecule has 0 bridgehead atoms. The fourth-order valence-corrected chi connectivity index (χ4v) is 3.87. The summed E-state index contributed by atoms with van der Waals surface area (Å²) in [4.78, 5) is 60.4. The monoisotopic (exact) mass is 442 g/mol. The number of fused-ring (bicyclic) bond motifs is 1. The van der Waals surface area contributed by atoms with E-state index in [1.54, 1.807) is 37.5 Å². The van der Waals surface area contributed by atoms with Crippen molar-refractivity contribution in [3.63, 3.8) is 0 Å². The second kappa shape index (κ2) is 8.31. The van der Waals surface area contributed by atoms with Crippen molar-refractivity contribution in [3.8, 4) is 0 Å². The van der Waals surface area contributed by atoms with Crippen molar-refractivity contribution < 1.29 is 19.2 Å². The molecular formula is C20H19ClN6O4. The van der Waals surface area contributed by atoms with Crippen LogP contribution < -0.4 is 15.5 Å². The summed E-state index contributed by atoms with van der Waals surface area (Å²) in [6, 6.07) is 5.71. The Bertz CT molecular complexity index is 1090. The number of benzene rings is 1. The van der Waals surface area contributed by atoms with Gasteiger partial charge in [-0.1, -0.05) is 6.07 Å². The van der Waals surface area contributed by atoms with Crippen LogP contribution in [0.5, 0.6) is 0 Å². The molecule has 31 heavy (non-hydrogen) atoms. The van der Waals surface area contributed by atoms with Crippen molar-refractivity contribution in [2.24, 2.45) is 0 Å². The van der Waals surface area contributed by atoms with Crippen LogP contribution >= 0.6 is 11.6 Å². The van der Waals surface area contributed by atoms with Crippen molar-refractivity contribution in [1.29, 1.82) is 0 Å². The number of aromatic nitrogens is 2. The molecule has 0 spiro atoms. The molecule has 2 aliphatic rings. The van der Waals surface area contributed by atoms with Crippen molar-refractivity contribution >= 4 is 46.7 Å². The maximum atomic E-state index is 13.2. The van der Waals surface area contributed by atoms with Crippen LogP contribution in [0.3, 0.4) is 0 Å². The van der Waals surface area contributed by atoms with Crippen LogP contribution in [0.4, 0.5) is 11.5 Å². The highest BCUT2D eigenvalue weighted by Gasteiger charge is 2.45. The number of anilines is 2. The average Bonchev–Trinajstić information content (AvgIpc) is 2.99. The zero-order valence-corrected chi connectivity index (χ0v) is 17.3. The number of nitrogens with zero attached hydrogens (tertiary/aromatic N) is 4. The molecule has 160 valence electrons. The molecule has 11 heteroatoms. The highest BCUT2D eigenvalue weighted by molar-refractivity contribution is 6.28. The quantitative estimate of drug-likeness (QED) is 0.503. The van der Waals surface area contributed by atoms with Gasteiger partial charge in [-0.3, -0.25) is 29.4 Å². The zero-order valence-electron chi connectivity index (χ0n) is 16.6. The third kappa shape index (κ3) is 3.93. The minimum atomic E-state index is -0.993. The van der Waals surface area contributed by atoms with E-state index in [0.29, 0.717) is 24.6 Å². The minimum absolute atomic E-state index is 0.0787. The number of rotatable bonds is 6. The number of imide groups is 2. The molecular weight excluding hydrogens is 424 g/mol. The van der Waals surface area contributed by atoms with Crippen molar-refractivity contribution in [1.82, 2.24) is 20.2 Å². The van der Waals surface area contributed by atoms with Crippen molar-refractivity contribution in [2.75, 3.05) is 30.4 Å². The Labute approximate surface area is 182 Å².